The van der Waals surface area contributed by atoms with Crippen molar-refractivity contribution in [1.29, 1.82) is 5.26 Å². The normalized spacial score (nSPS) is 10.7. The number of pyridine rings is 1. The predicted molar refractivity (Wildman–Crippen MR) is 151 cm³/mol. The van der Waals surface area contributed by atoms with Gasteiger partial charge < -0.3 is 20.4 Å². The van der Waals surface area contributed by atoms with Gasteiger partial charge in [-0.05, 0) is 55.3 Å². The second-order valence-electron chi connectivity index (χ2n) is 9.09. The number of aromatic nitrogens is 4. The minimum atomic E-state index is -0.247. The summed E-state index contributed by atoms with van der Waals surface area (Å²) in [5.41, 5.74) is 12.4. The van der Waals surface area contributed by atoms with Crippen LogP contribution in [0.15, 0.2) is 79.1 Å². The summed E-state index contributed by atoms with van der Waals surface area (Å²) in [5, 5.41) is 13.5. The molecule has 0 radical (unpaired) electrons. The highest BCUT2D eigenvalue weighted by molar-refractivity contribution is 6.08. The number of nitrogens with two attached hydrogens (primary N) is 1. The van der Waals surface area contributed by atoms with Crippen LogP contribution in [0.1, 0.15) is 18.2 Å². The zero-order valence-corrected chi connectivity index (χ0v) is 21.7. The smallest absolute Gasteiger partial charge is 0.250 e. The largest absolute Gasteiger partial charge is 0.438 e. The molecular weight excluding hydrogens is 490 g/mol. The lowest BCUT2D eigenvalue weighted by atomic mass is 9.97. The molecule has 5 rings (SSSR count). The van der Waals surface area contributed by atoms with E-state index in [0.29, 0.717) is 45.3 Å². The molecule has 0 unspecified atom stereocenters. The van der Waals surface area contributed by atoms with Crippen molar-refractivity contribution in [3.63, 3.8) is 0 Å². The Bertz CT molecular complexity index is 1800. The molecule has 5 aromatic rings. The monoisotopic (exact) mass is 515 g/mol. The number of aryl methyl sites for hydroxylation is 2. The van der Waals surface area contributed by atoms with Gasteiger partial charge in [-0.3, -0.25) is 4.79 Å². The zero-order valence-electron chi connectivity index (χ0n) is 21.7. The number of carbonyl (C=O) groups excluding carboxylic acids is 1. The summed E-state index contributed by atoms with van der Waals surface area (Å²) in [4.78, 5) is 25.1. The fourth-order valence-corrected chi connectivity index (χ4v) is 4.39. The van der Waals surface area contributed by atoms with E-state index in [0.717, 1.165) is 28.1 Å². The van der Waals surface area contributed by atoms with Crippen LogP contribution in [0.4, 0.5) is 11.5 Å². The molecule has 9 heteroatoms. The Morgan fingerprint density at radius 3 is 2.54 bits per heavy atom. The molecule has 3 heterocycles. The van der Waals surface area contributed by atoms with Gasteiger partial charge in [-0.2, -0.15) is 5.26 Å². The first kappa shape index (κ1) is 25.2. The first-order chi connectivity index (χ1) is 18.8. The van der Waals surface area contributed by atoms with Crippen molar-refractivity contribution in [2.75, 3.05) is 11.1 Å². The van der Waals surface area contributed by atoms with Crippen molar-refractivity contribution < 1.29 is 9.53 Å². The minimum Gasteiger partial charge on any atom is -0.438 e. The van der Waals surface area contributed by atoms with E-state index >= 15 is 0 Å². The van der Waals surface area contributed by atoms with Crippen LogP contribution in [0.3, 0.4) is 0 Å². The minimum absolute atomic E-state index is 0.247. The predicted octanol–water partition coefficient (Wildman–Crippen LogP) is 5.77. The Balaban J connectivity index is 1.64. The van der Waals surface area contributed by atoms with Gasteiger partial charge in [0.2, 0.25) is 5.88 Å². The lowest BCUT2D eigenvalue weighted by molar-refractivity contribution is -0.112. The van der Waals surface area contributed by atoms with Crippen LogP contribution >= 0.6 is 0 Å². The van der Waals surface area contributed by atoms with Gasteiger partial charge >= 0.3 is 0 Å². The summed E-state index contributed by atoms with van der Waals surface area (Å²) in [6.07, 6.45) is 1.42. The molecule has 0 saturated heterocycles. The number of benzene rings is 2. The molecule has 0 aliphatic heterocycles. The van der Waals surface area contributed by atoms with Crippen molar-refractivity contribution in [3.05, 3.63) is 90.4 Å². The van der Waals surface area contributed by atoms with Crippen LogP contribution in [-0.4, -0.2) is 25.4 Å². The average molecular weight is 516 g/mol. The molecule has 192 valence electrons. The van der Waals surface area contributed by atoms with Gasteiger partial charge in [0.1, 0.15) is 29.6 Å². The summed E-state index contributed by atoms with van der Waals surface area (Å²) >= 11 is 0. The molecule has 9 nitrogen and oxygen atoms in total. The number of hydrogen-bond acceptors (Lipinski definition) is 7. The third kappa shape index (κ3) is 4.79. The van der Waals surface area contributed by atoms with Gasteiger partial charge in [-0.15, -0.1) is 0 Å². The van der Waals surface area contributed by atoms with E-state index in [1.54, 1.807) is 25.1 Å². The first-order valence-corrected chi connectivity index (χ1v) is 12.1. The lowest BCUT2D eigenvalue weighted by Gasteiger charge is -2.12. The van der Waals surface area contributed by atoms with Crippen LogP contribution in [0.25, 0.3) is 33.4 Å². The van der Waals surface area contributed by atoms with E-state index in [1.165, 1.54) is 6.33 Å². The third-order valence-electron chi connectivity index (χ3n) is 6.27. The number of nitrogens with one attached hydrogen (secondary N) is 1. The highest BCUT2D eigenvalue weighted by Gasteiger charge is 2.23. The molecule has 2 aromatic carbocycles. The van der Waals surface area contributed by atoms with Gasteiger partial charge in [0.05, 0.1) is 16.6 Å². The molecule has 0 atom stereocenters. The number of carbonyl (C=O) groups is 1. The van der Waals surface area contributed by atoms with Gasteiger partial charge in [0, 0.05) is 35.6 Å². The van der Waals surface area contributed by atoms with Crippen molar-refractivity contribution in [2.24, 2.45) is 7.05 Å². The van der Waals surface area contributed by atoms with Gasteiger partial charge in [0.15, 0.2) is 0 Å². The molecule has 0 fully saturated rings. The Labute approximate surface area is 225 Å². The second kappa shape index (κ2) is 10.1. The quantitative estimate of drug-likeness (QED) is 0.275. The topological polar surface area (TPSA) is 132 Å². The Kier molecular flexibility index (Phi) is 6.52. The summed E-state index contributed by atoms with van der Waals surface area (Å²) in [7, 11) is 1.90. The van der Waals surface area contributed by atoms with Gasteiger partial charge in [0.25, 0.3) is 5.91 Å². The number of ether oxygens (including phenoxy) is 1. The first-order valence-electron chi connectivity index (χ1n) is 12.1. The van der Waals surface area contributed by atoms with Gasteiger partial charge in [-0.25, -0.2) is 15.0 Å². The molecule has 0 aliphatic carbocycles. The van der Waals surface area contributed by atoms with E-state index in [2.05, 4.69) is 32.9 Å². The van der Waals surface area contributed by atoms with Gasteiger partial charge in [-0.1, -0.05) is 30.8 Å². The summed E-state index contributed by atoms with van der Waals surface area (Å²) in [5.74, 6) is 0.873. The number of hydrogen-bond donors (Lipinski definition) is 2. The maximum atomic E-state index is 12.1. The van der Waals surface area contributed by atoms with Crippen molar-refractivity contribution in [3.8, 4) is 40.1 Å². The lowest BCUT2D eigenvalue weighted by Crippen LogP contribution is -2.11. The SMILES string of the molecule is C=C(C)C(=O)Nc1ccc(-c2c(-c3ccc(Oc4cccc(C)n4)c(C#N)c3)c3c(N)ncnc3n2C)cc1. The average Bonchev–Trinajstić information content (AvgIpc) is 3.22. The highest BCUT2D eigenvalue weighted by atomic mass is 16.5. The molecule has 0 saturated carbocycles. The van der Waals surface area contributed by atoms with Crippen molar-refractivity contribution >= 4 is 28.4 Å². The number of nitrogen functional groups attached to an aromatic ring is 1. The van der Waals surface area contributed by atoms with Crippen LogP contribution < -0.4 is 15.8 Å². The number of anilines is 2. The number of amides is 1. The van der Waals surface area contributed by atoms with E-state index in [4.69, 9.17) is 10.5 Å². The molecule has 39 heavy (non-hydrogen) atoms. The van der Waals surface area contributed by atoms with Crippen molar-refractivity contribution in [1.82, 2.24) is 19.5 Å². The Morgan fingerprint density at radius 2 is 1.85 bits per heavy atom. The van der Waals surface area contributed by atoms with E-state index < -0.39 is 0 Å². The van der Waals surface area contributed by atoms with Crippen LogP contribution in [-0.2, 0) is 11.8 Å². The van der Waals surface area contributed by atoms with Crippen LogP contribution in [0, 0.1) is 18.3 Å². The molecule has 0 bridgehead atoms. The second-order valence-corrected chi connectivity index (χ2v) is 9.09. The number of rotatable bonds is 6. The summed E-state index contributed by atoms with van der Waals surface area (Å²) in [6, 6.07) is 20.5. The maximum absolute atomic E-state index is 12.1. The van der Waals surface area contributed by atoms with Crippen LogP contribution in [0.2, 0.25) is 0 Å². The summed E-state index contributed by atoms with van der Waals surface area (Å²) in [6.45, 7) is 7.20. The third-order valence-corrected chi connectivity index (χ3v) is 6.27. The Hall–Kier alpha value is -5.49. The number of nitrogens with zero attached hydrogens (tertiary/aromatic N) is 5. The molecule has 3 aromatic heterocycles. The molecule has 0 aliphatic rings. The van der Waals surface area contributed by atoms with E-state index in [9.17, 15) is 10.1 Å². The fraction of sp³-hybridized carbons (Fsp3) is 0.100. The molecule has 3 N–H and O–H groups in total. The zero-order chi connectivity index (χ0) is 27.7. The molecule has 0 spiro atoms. The number of nitriles is 1. The number of fused-ring (bicyclic) bond motifs is 1. The fourth-order valence-electron chi connectivity index (χ4n) is 4.39. The Morgan fingerprint density at radius 1 is 1.10 bits per heavy atom. The van der Waals surface area contributed by atoms with Crippen molar-refractivity contribution in [2.45, 2.75) is 13.8 Å². The van der Waals surface area contributed by atoms with E-state index in [-0.39, 0.29) is 5.91 Å². The highest BCUT2D eigenvalue weighted by Crippen LogP contribution is 2.43. The van der Waals surface area contributed by atoms with E-state index in [1.807, 2.05) is 61.0 Å². The molecular formula is C30H25N7O2. The standard InChI is InChI=1S/C30H25N7O2/c1-17(2)30(38)36-22-11-8-19(9-12-22)27-25(26-28(32)33-16-34-29(26)37(27)4)20-10-13-23(21(14-20)15-31)39-24-7-5-6-18(3)35-24/h5-14,16H,1H2,2-4H3,(H,36,38)(H2,32,33,34). The summed E-state index contributed by atoms with van der Waals surface area (Å²) < 4.78 is 7.88. The molecule has 1 amide bonds. The maximum Gasteiger partial charge on any atom is 0.250 e. The van der Waals surface area contributed by atoms with Crippen LogP contribution in [0.5, 0.6) is 11.6 Å².